The SMILES string of the molecule is CC1CC(=O)N(Cc2ccccc2C#CCO)C1=O. The minimum Gasteiger partial charge on any atom is -0.384 e. The first-order valence-electron chi connectivity index (χ1n) is 6.15. The number of hydrogen-bond donors (Lipinski definition) is 1. The molecule has 19 heavy (non-hydrogen) atoms. The van der Waals surface area contributed by atoms with Gasteiger partial charge in [-0.25, -0.2) is 0 Å². The first-order chi connectivity index (χ1) is 9.13. The quantitative estimate of drug-likeness (QED) is 0.633. The number of imide groups is 1. The van der Waals surface area contributed by atoms with Crippen LogP contribution in [0.1, 0.15) is 24.5 Å². The summed E-state index contributed by atoms with van der Waals surface area (Å²) in [6, 6.07) is 7.33. The van der Waals surface area contributed by atoms with Gasteiger partial charge < -0.3 is 5.11 Å². The maximum Gasteiger partial charge on any atom is 0.232 e. The molecule has 1 N–H and O–H groups in total. The largest absolute Gasteiger partial charge is 0.384 e. The molecular formula is C15H15NO3. The van der Waals surface area contributed by atoms with Gasteiger partial charge in [0.15, 0.2) is 0 Å². The number of carbonyl (C=O) groups excluding carboxylic acids is 2. The Labute approximate surface area is 112 Å². The zero-order chi connectivity index (χ0) is 13.8. The highest BCUT2D eigenvalue weighted by atomic mass is 16.2. The van der Waals surface area contributed by atoms with Crippen LogP contribution in [0.4, 0.5) is 0 Å². The lowest BCUT2D eigenvalue weighted by molar-refractivity contribution is -0.139. The van der Waals surface area contributed by atoms with Crippen molar-refractivity contribution in [2.24, 2.45) is 5.92 Å². The molecule has 98 valence electrons. The van der Waals surface area contributed by atoms with Gasteiger partial charge in [-0.15, -0.1) is 0 Å². The minimum absolute atomic E-state index is 0.130. The lowest BCUT2D eigenvalue weighted by Gasteiger charge is -2.15. The van der Waals surface area contributed by atoms with Crippen molar-refractivity contribution in [2.45, 2.75) is 19.9 Å². The molecule has 1 saturated heterocycles. The van der Waals surface area contributed by atoms with E-state index in [4.69, 9.17) is 5.11 Å². The van der Waals surface area contributed by atoms with Crippen LogP contribution in [0.3, 0.4) is 0 Å². The summed E-state index contributed by atoms with van der Waals surface area (Å²) in [7, 11) is 0. The number of aliphatic hydroxyl groups excluding tert-OH is 1. The molecule has 0 aromatic heterocycles. The van der Waals surface area contributed by atoms with Gasteiger partial charge in [0.25, 0.3) is 0 Å². The Morgan fingerprint density at radius 2 is 2.11 bits per heavy atom. The van der Waals surface area contributed by atoms with E-state index in [9.17, 15) is 9.59 Å². The number of likely N-dealkylation sites (tertiary alicyclic amines) is 1. The van der Waals surface area contributed by atoms with Gasteiger partial charge in [-0.05, 0) is 11.6 Å². The highest BCUT2D eigenvalue weighted by Gasteiger charge is 2.35. The van der Waals surface area contributed by atoms with E-state index < -0.39 is 0 Å². The van der Waals surface area contributed by atoms with Crippen LogP contribution in [0.5, 0.6) is 0 Å². The summed E-state index contributed by atoms with van der Waals surface area (Å²) in [5.74, 6) is 4.91. The van der Waals surface area contributed by atoms with Crippen LogP contribution in [-0.2, 0) is 16.1 Å². The van der Waals surface area contributed by atoms with E-state index in [2.05, 4.69) is 11.8 Å². The van der Waals surface area contributed by atoms with Gasteiger partial charge in [-0.2, -0.15) is 0 Å². The summed E-state index contributed by atoms with van der Waals surface area (Å²) >= 11 is 0. The number of benzene rings is 1. The van der Waals surface area contributed by atoms with Gasteiger partial charge in [0.2, 0.25) is 11.8 Å². The van der Waals surface area contributed by atoms with E-state index >= 15 is 0 Å². The third-order valence-electron chi connectivity index (χ3n) is 3.12. The Morgan fingerprint density at radius 1 is 1.37 bits per heavy atom. The lowest BCUT2D eigenvalue weighted by atomic mass is 10.1. The maximum atomic E-state index is 11.9. The van der Waals surface area contributed by atoms with E-state index in [0.29, 0.717) is 0 Å². The van der Waals surface area contributed by atoms with Crippen LogP contribution in [0, 0.1) is 17.8 Å². The fraction of sp³-hybridized carbons (Fsp3) is 0.333. The van der Waals surface area contributed by atoms with Crippen molar-refractivity contribution in [1.29, 1.82) is 0 Å². The Kier molecular flexibility index (Phi) is 3.98. The molecule has 1 atom stereocenters. The normalized spacial score (nSPS) is 18.4. The summed E-state index contributed by atoms with van der Waals surface area (Å²) < 4.78 is 0. The van der Waals surface area contributed by atoms with Crippen molar-refractivity contribution in [3.05, 3.63) is 35.4 Å². The monoisotopic (exact) mass is 257 g/mol. The summed E-state index contributed by atoms with van der Waals surface area (Å²) in [6.07, 6.45) is 0.281. The number of rotatable bonds is 2. The molecule has 2 amide bonds. The van der Waals surface area contributed by atoms with Gasteiger partial charge in [0, 0.05) is 17.9 Å². The van der Waals surface area contributed by atoms with Gasteiger partial charge in [-0.1, -0.05) is 37.0 Å². The van der Waals surface area contributed by atoms with E-state index in [1.54, 1.807) is 6.92 Å². The third-order valence-corrected chi connectivity index (χ3v) is 3.12. The fourth-order valence-corrected chi connectivity index (χ4v) is 2.10. The predicted octanol–water partition coefficient (Wildman–Crippen LogP) is 0.925. The van der Waals surface area contributed by atoms with Crippen LogP contribution in [0.25, 0.3) is 0 Å². The molecule has 0 radical (unpaired) electrons. The average Bonchev–Trinajstić information content (AvgIpc) is 2.64. The van der Waals surface area contributed by atoms with Crippen LogP contribution in [0.2, 0.25) is 0 Å². The molecule has 1 aromatic rings. The number of carbonyl (C=O) groups is 2. The molecule has 0 aliphatic carbocycles. The van der Waals surface area contributed by atoms with Crippen LogP contribution in [-0.4, -0.2) is 28.4 Å². The predicted molar refractivity (Wildman–Crippen MR) is 69.7 cm³/mol. The van der Waals surface area contributed by atoms with Gasteiger partial charge in [0.05, 0.1) is 6.54 Å². The molecule has 2 rings (SSSR count). The second kappa shape index (κ2) is 5.68. The van der Waals surface area contributed by atoms with Crippen molar-refractivity contribution < 1.29 is 14.7 Å². The zero-order valence-corrected chi connectivity index (χ0v) is 10.7. The molecule has 0 bridgehead atoms. The second-order valence-corrected chi connectivity index (χ2v) is 4.54. The molecule has 1 aromatic carbocycles. The van der Waals surface area contributed by atoms with E-state index in [0.717, 1.165) is 11.1 Å². The van der Waals surface area contributed by atoms with Crippen molar-refractivity contribution in [3.8, 4) is 11.8 Å². The summed E-state index contributed by atoms with van der Waals surface area (Å²) in [5, 5.41) is 8.73. The Bertz CT molecular complexity index is 568. The fourth-order valence-electron chi connectivity index (χ4n) is 2.10. The Morgan fingerprint density at radius 3 is 2.74 bits per heavy atom. The van der Waals surface area contributed by atoms with Crippen molar-refractivity contribution in [1.82, 2.24) is 4.90 Å². The summed E-state index contributed by atoms with van der Waals surface area (Å²) in [6.45, 7) is 1.79. The lowest BCUT2D eigenvalue weighted by Crippen LogP contribution is -2.30. The van der Waals surface area contributed by atoms with Crippen LogP contribution >= 0.6 is 0 Å². The summed E-state index contributed by atoms with van der Waals surface area (Å²) in [4.78, 5) is 24.9. The van der Waals surface area contributed by atoms with Crippen molar-refractivity contribution in [2.75, 3.05) is 6.61 Å². The summed E-state index contributed by atoms with van der Waals surface area (Å²) in [5.41, 5.74) is 1.55. The number of amides is 2. The minimum atomic E-state index is -0.233. The molecule has 4 heteroatoms. The van der Waals surface area contributed by atoms with Crippen LogP contribution < -0.4 is 0 Å². The number of aliphatic hydroxyl groups is 1. The molecular weight excluding hydrogens is 242 g/mol. The molecule has 4 nitrogen and oxygen atoms in total. The van der Waals surface area contributed by atoms with E-state index in [1.807, 2.05) is 24.3 Å². The van der Waals surface area contributed by atoms with Gasteiger partial charge >= 0.3 is 0 Å². The average molecular weight is 257 g/mol. The maximum absolute atomic E-state index is 11.9. The molecule has 1 heterocycles. The smallest absolute Gasteiger partial charge is 0.232 e. The molecule has 1 unspecified atom stereocenters. The third kappa shape index (κ3) is 2.83. The molecule has 0 spiro atoms. The highest BCUT2D eigenvalue weighted by molar-refractivity contribution is 6.03. The van der Waals surface area contributed by atoms with Gasteiger partial charge in [-0.3, -0.25) is 14.5 Å². The second-order valence-electron chi connectivity index (χ2n) is 4.54. The van der Waals surface area contributed by atoms with E-state index in [-0.39, 0.29) is 37.3 Å². The first kappa shape index (κ1) is 13.3. The standard InChI is InChI=1S/C15H15NO3/c1-11-9-14(18)16(15(11)19)10-13-6-3-2-5-12(13)7-4-8-17/h2-3,5-6,11,17H,8-10H2,1H3. The van der Waals surface area contributed by atoms with Crippen molar-refractivity contribution in [3.63, 3.8) is 0 Å². The van der Waals surface area contributed by atoms with Crippen molar-refractivity contribution >= 4 is 11.8 Å². The molecule has 1 fully saturated rings. The molecule has 1 aliphatic rings. The number of hydrogen-bond acceptors (Lipinski definition) is 3. The van der Waals surface area contributed by atoms with E-state index in [1.165, 1.54) is 4.90 Å². The van der Waals surface area contributed by atoms with Gasteiger partial charge in [0.1, 0.15) is 6.61 Å². The highest BCUT2D eigenvalue weighted by Crippen LogP contribution is 2.22. The Balaban J connectivity index is 2.24. The zero-order valence-electron chi connectivity index (χ0n) is 10.7. The molecule has 0 saturated carbocycles. The topological polar surface area (TPSA) is 57.6 Å². The van der Waals surface area contributed by atoms with Crippen LogP contribution in [0.15, 0.2) is 24.3 Å². The molecule has 1 aliphatic heterocycles. The Hall–Kier alpha value is -2.12. The first-order valence-corrected chi connectivity index (χ1v) is 6.15. The number of nitrogens with zero attached hydrogens (tertiary/aromatic N) is 1.